The first-order valence-electron chi connectivity index (χ1n) is 7.37. The number of hydrogen-bond acceptors (Lipinski definition) is 7. The summed E-state index contributed by atoms with van der Waals surface area (Å²) in [7, 11) is 3.80. The molecule has 1 N–H and O–H groups in total. The molecule has 0 unspecified atom stereocenters. The normalized spacial score (nSPS) is 10.7. The SMILES string of the molecule is CC(C)c1nc(NCCOc2ccc(Cl)cn2)nc(N(C)C)n1. The quantitative estimate of drug-likeness (QED) is 0.779. The lowest BCUT2D eigenvalue weighted by molar-refractivity contribution is 0.319. The Morgan fingerprint density at radius 1 is 1.22 bits per heavy atom. The third-order valence-corrected chi connectivity index (χ3v) is 3.12. The number of pyridine rings is 1. The molecular weight excluding hydrogens is 316 g/mol. The fourth-order valence-electron chi connectivity index (χ4n) is 1.68. The Hall–Kier alpha value is -2.15. The summed E-state index contributed by atoms with van der Waals surface area (Å²) in [5.74, 6) is 2.69. The Labute approximate surface area is 141 Å². The second-order valence-corrected chi connectivity index (χ2v) is 5.89. The lowest BCUT2D eigenvalue weighted by Crippen LogP contribution is -2.19. The molecule has 0 radical (unpaired) electrons. The van der Waals surface area contributed by atoms with Gasteiger partial charge in [0.25, 0.3) is 0 Å². The minimum atomic E-state index is 0.228. The van der Waals surface area contributed by atoms with E-state index in [9.17, 15) is 0 Å². The van der Waals surface area contributed by atoms with Gasteiger partial charge in [-0.2, -0.15) is 15.0 Å². The maximum absolute atomic E-state index is 5.78. The highest BCUT2D eigenvalue weighted by molar-refractivity contribution is 6.30. The van der Waals surface area contributed by atoms with E-state index in [1.165, 1.54) is 0 Å². The van der Waals surface area contributed by atoms with Crippen molar-refractivity contribution in [1.82, 2.24) is 19.9 Å². The minimum absolute atomic E-state index is 0.228. The van der Waals surface area contributed by atoms with E-state index in [1.807, 2.05) is 32.8 Å². The molecular formula is C15H21ClN6O. The molecule has 0 spiro atoms. The van der Waals surface area contributed by atoms with Gasteiger partial charge < -0.3 is 15.0 Å². The minimum Gasteiger partial charge on any atom is -0.476 e. The van der Waals surface area contributed by atoms with Crippen LogP contribution >= 0.6 is 11.6 Å². The van der Waals surface area contributed by atoms with Crippen LogP contribution in [0.15, 0.2) is 18.3 Å². The Morgan fingerprint density at radius 2 is 2.00 bits per heavy atom. The predicted octanol–water partition coefficient (Wildman–Crippen LogP) is 2.60. The molecule has 0 bridgehead atoms. The van der Waals surface area contributed by atoms with Crippen molar-refractivity contribution in [1.29, 1.82) is 0 Å². The van der Waals surface area contributed by atoms with Crippen molar-refractivity contribution in [3.8, 4) is 5.88 Å². The second kappa shape index (κ2) is 7.92. The number of rotatable bonds is 7. The molecule has 124 valence electrons. The molecule has 2 aromatic heterocycles. The van der Waals surface area contributed by atoms with Crippen molar-refractivity contribution in [3.05, 3.63) is 29.2 Å². The second-order valence-electron chi connectivity index (χ2n) is 5.46. The van der Waals surface area contributed by atoms with E-state index < -0.39 is 0 Å². The lowest BCUT2D eigenvalue weighted by Gasteiger charge is -2.14. The average Bonchev–Trinajstić information content (AvgIpc) is 2.53. The van der Waals surface area contributed by atoms with Crippen LogP contribution in [0.4, 0.5) is 11.9 Å². The largest absolute Gasteiger partial charge is 0.476 e. The number of aromatic nitrogens is 4. The van der Waals surface area contributed by atoms with E-state index >= 15 is 0 Å². The van der Waals surface area contributed by atoms with Gasteiger partial charge in [-0.05, 0) is 6.07 Å². The van der Waals surface area contributed by atoms with Crippen LogP contribution in [0.3, 0.4) is 0 Å². The summed E-state index contributed by atoms with van der Waals surface area (Å²) in [5.41, 5.74) is 0. The molecule has 0 saturated heterocycles. The predicted molar refractivity (Wildman–Crippen MR) is 91.5 cm³/mol. The van der Waals surface area contributed by atoms with Crippen LogP contribution in [0.25, 0.3) is 0 Å². The van der Waals surface area contributed by atoms with Crippen molar-refractivity contribution in [2.24, 2.45) is 0 Å². The Balaban J connectivity index is 1.93. The summed E-state index contributed by atoms with van der Waals surface area (Å²) >= 11 is 5.78. The maximum Gasteiger partial charge on any atom is 0.229 e. The molecule has 0 atom stereocenters. The summed E-state index contributed by atoms with van der Waals surface area (Å²) in [5, 5.41) is 3.73. The van der Waals surface area contributed by atoms with Gasteiger partial charge in [0.05, 0.1) is 11.6 Å². The number of anilines is 2. The van der Waals surface area contributed by atoms with E-state index in [2.05, 4.69) is 25.3 Å². The van der Waals surface area contributed by atoms with Crippen molar-refractivity contribution in [2.45, 2.75) is 19.8 Å². The Morgan fingerprint density at radius 3 is 2.61 bits per heavy atom. The van der Waals surface area contributed by atoms with Gasteiger partial charge in [-0.1, -0.05) is 25.4 Å². The van der Waals surface area contributed by atoms with E-state index in [0.29, 0.717) is 36.0 Å². The zero-order valence-electron chi connectivity index (χ0n) is 13.7. The van der Waals surface area contributed by atoms with Gasteiger partial charge in [0.1, 0.15) is 12.4 Å². The lowest BCUT2D eigenvalue weighted by atomic mass is 10.2. The van der Waals surface area contributed by atoms with Gasteiger partial charge in [0, 0.05) is 32.3 Å². The van der Waals surface area contributed by atoms with E-state index in [1.54, 1.807) is 18.3 Å². The van der Waals surface area contributed by atoms with Crippen molar-refractivity contribution in [2.75, 3.05) is 37.5 Å². The molecule has 0 aromatic carbocycles. The summed E-state index contributed by atoms with van der Waals surface area (Å²) in [6.07, 6.45) is 1.55. The van der Waals surface area contributed by atoms with Crippen molar-refractivity contribution >= 4 is 23.5 Å². The monoisotopic (exact) mass is 336 g/mol. The fraction of sp³-hybridized carbons (Fsp3) is 0.467. The van der Waals surface area contributed by atoms with Crippen LogP contribution in [0.1, 0.15) is 25.6 Å². The van der Waals surface area contributed by atoms with E-state index in [4.69, 9.17) is 16.3 Å². The van der Waals surface area contributed by atoms with Crippen molar-refractivity contribution < 1.29 is 4.74 Å². The van der Waals surface area contributed by atoms with Crippen LogP contribution in [0.5, 0.6) is 5.88 Å². The number of nitrogens with zero attached hydrogens (tertiary/aromatic N) is 5. The maximum atomic E-state index is 5.78. The molecule has 0 aliphatic heterocycles. The molecule has 0 fully saturated rings. The zero-order chi connectivity index (χ0) is 16.8. The highest BCUT2D eigenvalue weighted by Gasteiger charge is 2.10. The van der Waals surface area contributed by atoms with E-state index in [0.717, 1.165) is 5.82 Å². The molecule has 0 aliphatic rings. The summed E-state index contributed by atoms with van der Waals surface area (Å²) in [6.45, 7) is 5.09. The first-order chi connectivity index (χ1) is 11.0. The topological polar surface area (TPSA) is 76.1 Å². The van der Waals surface area contributed by atoms with Crippen LogP contribution in [0, 0.1) is 0 Å². The number of nitrogens with one attached hydrogen (secondary N) is 1. The van der Waals surface area contributed by atoms with Crippen LogP contribution < -0.4 is 15.0 Å². The van der Waals surface area contributed by atoms with Crippen LogP contribution in [-0.4, -0.2) is 47.2 Å². The van der Waals surface area contributed by atoms with Crippen molar-refractivity contribution in [3.63, 3.8) is 0 Å². The number of ether oxygens (including phenoxy) is 1. The summed E-state index contributed by atoms with van der Waals surface area (Å²) in [6, 6.07) is 3.47. The highest BCUT2D eigenvalue weighted by atomic mass is 35.5. The summed E-state index contributed by atoms with van der Waals surface area (Å²) in [4.78, 5) is 19.1. The van der Waals surface area contributed by atoms with Gasteiger partial charge in [-0.15, -0.1) is 0 Å². The number of hydrogen-bond donors (Lipinski definition) is 1. The third kappa shape index (κ3) is 5.21. The van der Waals surface area contributed by atoms with Gasteiger partial charge >= 0.3 is 0 Å². The molecule has 23 heavy (non-hydrogen) atoms. The van der Waals surface area contributed by atoms with Crippen LogP contribution in [0.2, 0.25) is 5.02 Å². The fourth-order valence-corrected chi connectivity index (χ4v) is 1.80. The summed E-state index contributed by atoms with van der Waals surface area (Å²) < 4.78 is 5.52. The average molecular weight is 337 g/mol. The number of halogens is 1. The van der Waals surface area contributed by atoms with Gasteiger partial charge in [-0.3, -0.25) is 0 Å². The molecule has 0 amide bonds. The molecule has 2 aromatic rings. The van der Waals surface area contributed by atoms with Gasteiger partial charge in [0.15, 0.2) is 0 Å². The van der Waals surface area contributed by atoms with Gasteiger partial charge in [-0.25, -0.2) is 4.98 Å². The smallest absolute Gasteiger partial charge is 0.229 e. The third-order valence-electron chi connectivity index (χ3n) is 2.89. The first kappa shape index (κ1) is 17.2. The zero-order valence-corrected chi connectivity index (χ0v) is 14.5. The van der Waals surface area contributed by atoms with Gasteiger partial charge in [0.2, 0.25) is 17.8 Å². The Bertz CT molecular complexity index is 606. The first-order valence-corrected chi connectivity index (χ1v) is 7.75. The molecule has 2 heterocycles. The molecule has 8 heteroatoms. The standard InChI is InChI=1S/C15H21ClN6O/c1-10(2)13-19-14(21-15(20-13)22(3)4)17-7-8-23-12-6-5-11(16)9-18-12/h5-6,9-10H,7-8H2,1-4H3,(H,17,19,20,21). The molecule has 2 rings (SSSR count). The Kier molecular flexibility index (Phi) is 5.92. The molecule has 0 aliphatic carbocycles. The highest BCUT2D eigenvalue weighted by Crippen LogP contribution is 2.15. The van der Waals surface area contributed by atoms with E-state index in [-0.39, 0.29) is 5.92 Å². The van der Waals surface area contributed by atoms with Crippen LogP contribution in [-0.2, 0) is 0 Å². The molecule has 7 nitrogen and oxygen atoms in total. The molecule has 0 saturated carbocycles.